The number of piperidine rings is 1. The predicted molar refractivity (Wildman–Crippen MR) is 138 cm³/mol. The fourth-order valence-electron chi connectivity index (χ4n) is 4.89. The summed E-state index contributed by atoms with van der Waals surface area (Å²) in [5.74, 6) is -0.222. The van der Waals surface area contributed by atoms with E-state index in [1.54, 1.807) is 23.6 Å². The van der Waals surface area contributed by atoms with Crippen molar-refractivity contribution < 1.29 is 28.7 Å². The Balaban J connectivity index is 1.45. The second kappa shape index (κ2) is 13.3. The molecular weight excluding hydrogens is 476 g/mol. The molecule has 1 atom stereocenters. The Morgan fingerprint density at radius 2 is 1.84 bits per heavy atom. The topological polar surface area (TPSA) is 117 Å². The van der Waals surface area contributed by atoms with Gasteiger partial charge in [0.05, 0.1) is 6.10 Å². The van der Waals surface area contributed by atoms with Crippen molar-refractivity contribution >= 4 is 24.0 Å². The number of amides is 4. The zero-order valence-electron chi connectivity index (χ0n) is 22.2. The zero-order chi connectivity index (χ0) is 26.8. The molecule has 204 valence electrons. The van der Waals surface area contributed by atoms with Crippen molar-refractivity contribution in [3.8, 4) is 0 Å². The highest BCUT2D eigenvalue weighted by atomic mass is 16.6. The van der Waals surface area contributed by atoms with E-state index in [0.717, 1.165) is 12.0 Å². The van der Waals surface area contributed by atoms with Gasteiger partial charge < -0.3 is 29.9 Å². The lowest BCUT2D eigenvalue weighted by molar-refractivity contribution is -0.161. The normalized spacial score (nSPS) is 19.1. The molecule has 2 fully saturated rings. The Labute approximate surface area is 219 Å². The minimum absolute atomic E-state index is 0.0742. The quantitative estimate of drug-likeness (QED) is 0.461. The molecule has 2 saturated heterocycles. The molecule has 0 radical (unpaired) electrons. The predicted octanol–water partition coefficient (Wildman–Crippen LogP) is 3.20. The number of unbranched alkanes of at least 4 members (excludes halogenated alkanes) is 1. The summed E-state index contributed by atoms with van der Waals surface area (Å²) >= 11 is 0. The minimum Gasteiger partial charge on any atom is -0.447 e. The van der Waals surface area contributed by atoms with Crippen molar-refractivity contribution in [3.05, 3.63) is 35.9 Å². The monoisotopic (exact) mass is 516 g/mol. The van der Waals surface area contributed by atoms with Crippen LogP contribution in [0.25, 0.3) is 0 Å². The first-order chi connectivity index (χ1) is 17.8. The van der Waals surface area contributed by atoms with E-state index in [9.17, 15) is 19.2 Å². The molecule has 10 nitrogen and oxygen atoms in total. The maximum atomic E-state index is 13.4. The van der Waals surface area contributed by atoms with Gasteiger partial charge in [0.15, 0.2) is 0 Å². The molecule has 0 bridgehead atoms. The highest BCUT2D eigenvalue weighted by Crippen LogP contribution is 2.34. The summed E-state index contributed by atoms with van der Waals surface area (Å²) in [6, 6.07) is 8.87. The van der Waals surface area contributed by atoms with Crippen molar-refractivity contribution in [2.45, 2.75) is 83.6 Å². The lowest BCUT2D eigenvalue weighted by atomic mass is 9.81. The van der Waals surface area contributed by atoms with Crippen molar-refractivity contribution in [3.63, 3.8) is 0 Å². The van der Waals surface area contributed by atoms with Gasteiger partial charge in [-0.3, -0.25) is 9.59 Å². The van der Waals surface area contributed by atoms with Crippen LogP contribution in [0.5, 0.6) is 0 Å². The van der Waals surface area contributed by atoms with Gasteiger partial charge in [0.25, 0.3) is 0 Å². The highest BCUT2D eigenvalue weighted by Gasteiger charge is 2.53. The van der Waals surface area contributed by atoms with Crippen molar-refractivity contribution in [1.29, 1.82) is 0 Å². The van der Waals surface area contributed by atoms with Crippen molar-refractivity contribution in [2.24, 2.45) is 0 Å². The summed E-state index contributed by atoms with van der Waals surface area (Å²) in [6.45, 7) is 7.44. The summed E-state index contributed by atoms with van der Waals surface area (Å²) < 4.78 is 10.5. The number of nitrogens with one attached hydrogen (secondary N) is 2. The van der Waals surface area contributed by atoms with E-state index in [1.165, 1.54) is 0 Å². The maximum Gasteiger partial charge on any atom is 0.410 e. The van der Waals surface area contributed by atoms with Gasteiger partial charge in [0.1, 0.15) is 18.2 Å². The molecule has 0 saturated carbocycles. The van der Waals surface area contributed by atoms with Crippen LogP contribution in [-0.2, 0) is 25.7 Å². The van der Waals surface area contributed by atoms with E-state index < -0.39 is 17.7 Å². The van der Waals surface area contributed by atoms with Gasteiger partial charge in [-0.05, 0) is 57.9 Å². The van der Waals surface area contributed by atoms with Crippen molar-refractivity contribution in [1.82, 2.24) is 20.4 Å². The third-order valence-electron chi connectivity index (χ3n) is 6.84. The second-order valence-corrected chi connectivity index (χ2v) is 9.95. The number of benzene rings is 1. The molecule has 1 spiro atoms. The number of likely N-dealkylation sites (tertiary alicyclic amines) is 1. The summed E-state index contributed by atoms with van der Waals surface area (Å²) in [6.07, 6.45) is 2.25. The number of nitrogens with zero attached hydrogens (tertiary/aromatic N) is 2. The minimum atomic E-state index is -0.928. The molecule has 4 amide bonds. The molecular formula is C27H40N4O6. The van der Waals surface area contributed by atoms with E-state index >= 15 is 0 Å². The lowest BCUT2D eigenvalue weighted by Crippen LogP contribution is -2.73. The van der Waals surface area contributed by atoms with Crippen LogP contribution in [0.2, 0.25) is 0 Å². The van der Waals surface area contributed by atoms with Gasteiger partial charge in [-0.1, -0.05) is 37.3 Å². The van der Waals surface area contributed by atoms with E-state index in [4.69, 9.17) is 9.47 Å². The Morgan fingerprint density at radius 1 is 1.14 bits per heavy atom. The smallest absolute Gasteiger partial charge is 0.410 e. The molecule has 10 heteroatoms. The zero-order valence-corrected chi connectivity index (χ0v) is 22.2. The number of hydrogen-bond acceptors (Lipinski definition) is 6. The van der Waals surface area contributed by atoms with Gasteiger partial charge in [0, 0.05) is 26.2 Å². The van der Waals surface area contributed by atoms with Crippen LogP contribution in [0.1, 0.15) is 64.9 Å². The molecule has 0 aliphatic carbocycles. The molecule has 3 rings (SSSR count). The number of rotatable bonds is 10. The Kier molecular flexibility index (Phi) is 10.2. The summed E-state index contributed by atoms with van der Waals surface area (Å²) in [5.41, 5.74) is -0.0118. The lowest BCUT2D eigenvalue weighted by Gasteiger charge is -2.51. The number of carbonyl (C=O) groups excluding carboxylic acids is 4. The average Bonchev–Trinajstić information content (AvgIpc) is 2.88. The van der Waals surface area contributed by atoms with Crippen LogP contribution in [0.15, 0.2) is 30.3 Å². The van der Waals surface area contributed by atoms with E-state index in [1.807, 2.05) is 37.3 Å². The van der Waals surface area contributed by atoms with Crippen LogP contribution in [0.3, 0.4) is 0 Å². The standard InChI is InChI=1S/C27H40N4O6/c1-4-16-31-23(32)22(12-8-9-15-28-25(34)36-19-21-10-6-5-7-11-21)29-24(33)27(31)13-17-30(18-14-27)26(35)37-20(2)3/h5-7,10-11,20,22H,4,8-9,12-19H2,1-3H3,(H,28,34)(H,29,33)/t22-/m0/s1. The van der Waals surface area contributed by atoms with Crippen LogP contribution in [-0.4, -0.2) is 77.7 Å². The van der Waals surface area contributed by atoms with Gasteiger partial charge in [-0.25, -0.2) is 9.59 Å². The fraction of sp³-hybridized carbons (Fsp3) is 0.630. The molecule has 0 unspecified atom stereocenters. The fourth-order valence-corrected chi connectivity index (χ4v) is 4.89. The average molecular weight is 517 g/mol. The van der Waals surface area contributed by atoms with Crippen molar-refractivity contribution in [2.75, 3.05) is 26.2 Å². The van der Waals surface area contributed by atoms with Gasteiger partial charge in [-0.2, -0.15) is 0 Å². The molecule has 1 aromatic rings. The number of ether oxygens (including phenoxy) is 2. The Hall–Kier alpha value is -3.30. The summed E-state index contributed by atoms with van der Waals surface area (Å²) in [5, 5.41) is 5.68. The maximum absolute atomic E-state index is 13.4. The van der Waals surface area contributed by atoms with E-state index in [-0.39, 0.29) is 30.6 Å². The first kappa shape index (κ1) is 28.3. The van der Waals surface area contributed by atoms with Crippen LogP contribution in [0.4, 0.5) is 9.59 Å². The van der Waals surface area contributed by atoms with Crippen LogP contribution < -0.4 is 10.6 Å². The molecule has 0 aromatic heterocycles. The Bertz CT molecular complexity index is 930. The van der Waals surface area contributed by atoms with Gasteiger partial charge in [-0.15, -0.1) is 0 Å². The number of hydrogen-bond donors (Lipinski definition) is 2. The van der Waals surface area contributed by atoms with E-state index in [2.05, 4.69) is 10.6 Å². The third kappa shape index (κ3) is 7.36. The molecule has 37 heavy (non-hydrogen) atoms. The Morgan fingerprint density at radius 3 is 2.49 bits per heavy atom. The van der Waals surface area contributed by atoms with Gasteiger partial charge in [0.2, 0.25) is 11.8 Å². The SMILES string of the molecule is CCCN1C(=O)[C@H](CCCCNC(=O)OCc2ccccc2)NC(=O)C12CCN(C(=O)OC(C)C)CC2. The van der Waals surface area contributed by atoms with Gasteiger partial charge >= 0.3 is 12.2 Å². The van der Waals surface area contributed by atoms with Crippen LogP contribution in [0, 0.1) is 0 Å². The molecule has 1 aromatic carbocycles. The number of piperazine rings is 1. The first-order valence-corrected chi connectivity index (χ1v) is 13.3. The number of carbonyl (C=O) groups is 4. The first-order valence-electron chi connectivity index (χ1n) is 13.3. The second-order valence-electron chi connectivity index (χ2n) is 9.95. The third-order valence-corrected chi connectivity index (χ3v) is 6.84. The number of alkyl carbamates (subject to hydrolysis) is 1. The molecule has 2 N–H and O–H groups in total. The van der Waals surface area contributed by atoms with E-state index in [0.29, 0.717) is 58.3 Å². The molecule has 2 aliphatic rings. The summed E-state index contributed by atoms with van der Waals surface area (Å²) in [4.78, 5) is 54.3. The molecule has 2 aliphatic heterocycles. The van der Waals surface area contributed by atoms with Crippen LogP contribution >= 0.6 is 0 Å². The molecule has 2 heterocycles. The largest absolute Gasteiger partial charge is 0.447 e. The highest BCUT2D eigenvalue weighted by molar-refractivity contribution is 6.00. The summed E-state index contributed by atoms with van der Waals surface area (Å²) in [7, 11) is 0.